The highest BCUT2D eigenvalue weighted by Crippen LogP contribution is 2.23. The molecule has 1 aromatic carbocycles. The molecule has 0 saturated carbocycles. The molecule has 1 aromatic rings. The molecule has 1 N–H and O–H groups in total. The molecule has 0 aliphatic rings. The van der Waals surface area contributed by atoms with Gasteiger partial charge in [0.05, 0.1) is 13.2 Å². The summed E-state index contributed by atoms with van der Waals surface area (Å²) in [6, 6.07) is 8.29. The van der Waals surface area contributed by atoms with Crippen LogP contribution in [0.25, 0.3) is 0 Å². The molecule has 1 rings (SSSR count). The van der Waals surface area contributed by atoms with Crippen molar-refractivity contribution in [2.45, 2.75) is 39.7 Å². The van der Waals surface area contributed by atoms with Gasteiger partial charge in [-0.25, -0.2) is 0 Å². The predicted molar refractivity (Wildman–Crippen MR) is 89.0 cm³/mol. The summed E-state index contributed by atoms with van der Waals surface area (Å²) in [7, 11) is 3.52. The molecule has 0 heterocycles. The van der Waals surface area contributed by atoms with E-state index in [0.717, 1.165) is 31.7 Å². The molecule has 3 heteroatoms. The van der Waals surface area contributed by atoms with E-state index < -0.39 is 0 Å². The number of hydrogen-bond acceptors (Lipinski definition) is 3. The molecule has 0 radical (unpaired) electrons. The lowest BCUT2D eigenvalue weighted by atomic mass is 9.93. The van der Waals surface area contributed by atoms with Crippen molar-refractivity contribution in [3.63, 3.8) is 0 Å². The van der Waals surface area contributed by atoms with E-state index in [9.17, 15) is 0 Å². The largest absolute Gasteiger partial charge is 0.496 e. The fourth-order valence-electron chi connectivity index (χ4n) is 2.56. The molecule has 0 aliphatic carbocycles. The Bertz CT molecular complexity index is 393. The molecular weight excluding hydrogens is 262 g/mol. The molecule has 0 spiro atoms. The number of methoxy groups -OCH3 is 2. The Labute approximate surface area is 130 Å². The van der Waals surface area contributed by atoms with Crippen LogP contribution in [0.4, 0.5) is 0 Å². The second kappa shape index (κ2) is 9.80. The van der Waals surface area contributed by atoms with E-state index in [2.05, 4.69) is 38.2 Å². The average molecular weight is 293 g/mol. The lowest BCUT2D eigenvalue weighted by Crippen LogP contribution is -2.29. The van der Waals surface area contributed by atoms with Crippen molar-refractivity contribution < 1.29 is 9.47 Å². The number of benzene rings is 1. The topological polar surface area (TPSA) is 30.5 Å². The molecule has 3 nitrogen and oxygen atoms in total. The molecule has 2 unspecified atom stereocenters. The van der Waals surface area contributed by atoms with Crippen LogP contribution >= 0.6 is 0 Å². The summed E-state index contributed by atoms with van der Waals surface area (Å²) in [5, 5.41) is 3.58. The summed E-state index contributed by atoms with van der Waals surface area (Å²) in [5.74, 6) is 2.21. The molecule has 0 saturated heterocycles. The Hall–Kier alpha value is -1.06. The summed E-state index contributed by atoms with van der Waals surface area (Å²) in [6.45, 7) is 8.69. The third-order valence-corrected chi connectivity index (χ3v) is 3.75. The van der Waals surface area contributed by atoms with Crippen molar-refractivity contribution in [3.05, 3.63) is 29.8 Å². The fourth-order valence-corrected chi connectivity index (χ4v) is 2.56. The summed E-state index contributed by atoms with van der Waals surface area (Å²) in [5.41, 5.74) is 1.28. The number of para-hydroxylation sites is 1. The molecule has 120 valence electrons. The van der Waals surface area contributed by atoms with Gasteiger partial charge in [-0.05, 0) is 56.3 Å². The van der Waals surface area contributed by atoms with Crippen LogP contribution in [-0.4, -0.2) is 33.4 Å². The van der Waals surface area contributed by atoms with Gasteiger partial charge in [-0.1, -0.05) is 32.0 Å². The number of rotatable bonds is 10. The fraction of sp³-hybridized carbons (Fsp3) is 0.667. The lowest BCUT2D eigenvalue weighted by Gasteiger charge is -2.22. The third kappa shape index (κ3) is 6.96. The van der Waals surface area contributed by atoms with Gasteiger partial charge >= 0.3 is 0 Å². The SMILES string of the molecule is COc1ccccc1CC(CNCC(C)C)CC(C)OC. The van der Waals surface area contributed by atoms with E-state index in [1.165, 1.54) is 5.56 Å². The van der Waals surface area contributed by atoms with Gasteiger partial charge in [0.2, 0.25) is 0 Å². The van der Waals surface area contributed by atoms with Gasteiger partial charge in [-0.15, -0.1) is 0 Å². The highest BCUT2D eigenvalue weighted by Gasteiger charge is 2.16. The van der Waals surface area contributed by atoms with Crippen LogP contribution in [0.5, 0.6) is 5.75 Å². The molecule has 21 heavy (non-hydrogen) atoms. The van der Waals surface area contributed by atoms with Gasteiger partial charge < -0.3 is 14.8 Å². The van der Waals surface area contributed by atoms with E-state index in [1.807, 2.05) is 12.1 Å². The minimum Gasteiger partial charge on any atom is -0.496 e. The monoisotopic (exact) mass is 293 g/mol. The maximum absolute atomic E-state index is 5.47. The Kier molecular flexibility index (Phi) is 8.40. The molecule has 0 aromatic heterocycles. The first-order chi connectivity index (χ1) is 10.1. The van der Waals surface area contributed by atoms with Crippen LogP contribution < -0.4 is 10.1 Å². The Balaban J connectivity index is 2.66. The zero-order chi connectivity index (χ0) is 15.7. The molecule has 2 atom stereocenters. The molecule has 0 amide bonds. The van der Waals surface area contributed by atoms with Crippen molar-refractivity contribution >= 4 is 0 Å². The average Bonchev–Trinajstić information content (AvgIpc) is 2.47. The van der Waals surface area contributed by atoms with Crippen LogP contribution in [-0.2, 0) is 11.2 Å². The van der Waals surface area contributed by atoms with E-state index in [0.29, 0.717) is 11.8 Å². The zero-order valence-electron chi connectivity index (χ0n) is 14.2. The quantitative estimate of drug-likeness (QED) is 0.716. The van der Waals surface area contributed by atoms with Crippen LogP contribution in [0.15, 0.2) is 24.3 Å². The van der Waals surface area contributed by atoms with Gasteiger partial charge in [0.15, 0.2) is 0 Å². The minimum atomic E-state index is 0.283. The van der Waals surface area contributed by atoms with Gasteiger partial charge in [0.1, 0.15) is 5.75 Å². The number of hydrogen-bond donors (Lipinski definition) is 1. The second-order valence-corrected chi connectivity index (χ2v) is 6.22. The molecule has 0 bridgehead atoms. The van der Waals surface area contributed by atoms with Crippen LogP contribution in [0.1, 0.15) is 32.8 Å². The van der Waals surface area contributed by atoms with Crippen molar-refractivity contribution in [2.75, 3.05) is 27.3 Å². The minimum absolute atomic E-state index is 0.283. The summed E-state index contributed by atoms with van der Waals surface area (Å²) in [6.07, 6.45) is 2.35. The molecule has 0 fully saturated rings. The Morgan fingerprint density at radius 1 is 1.05 bits per heavy atom. The zero-order valence-corrected chi connectivity index (χ0v) is 14.2. The second-order valence-electron chi connectivity index (χ2n) is 6.22. The smallest absolute Gasteiger partial charge is 0.122 e. The van der Waals surface area contributed by atoms with E-state index in [-0.39, 0.29) is 6.10 Å². The van der Waals surface area contributed by atoms with Crippen molar-refractivity contribution in [1.29, 1.82) is 0 Å². The lowest BCUT2D eigenvalue weighted by molar-refractivity contribution is 0.0944. The highest BCUT2D eigenvalue weighted by molar-refractivity contribution is 5.33. The summed E-state index contributed by atoms with van der Waals surface area (Å²) >= 11 is 0. The first kappa shape index (κ1) is 18.0. The van der Waals surface area contributed by atoms with E-state index in [1.54, 1.807) is 14.2 Å². The van der Waals surface area contributed by atoms with Gasteiger partial charge in [0, 0.05) is 7.11 Å². The predicted octanol–water partition coefficient (Wildman–Crippen LogP) is 3.52. The van der Waals surface area contributed by atoms with Crippen molar-refractivity contribution in [3.8, 4) is 5.75 Å². The van der Waals surface area contributed by atoms with Gasteiger partial charge in [-0.2, -0.15) is 0 Å². The normalized spacial score (nSPS) is 14.2. The van der Waals surface area contributed by atoms with Crippen molar-refractivity contribution in [1.82, 2.24) is 5.32 Å². The third-order valence-electron chi connectivity index (χ3n) is 3.75. The molecular formula is C18H31NO2. The van der Waals surface area contributed by atoms with Gasteiger partial charge in [0.25, 0.3) is 0 Å². The summed E-state index contributed by atoms with van der Waals surface area (Å²) in [4.78, 5) is 0. The van der Waals surface area contributed by atoms with E-state index >= 15 is 0 Å². The maximum Gasteiger partial charge on any atom is 0.122 e. The van der Waals surface area contributed by atoms with Crippen LogP contribution in [0, 0.1) is 11.8 Å². The number of nitrogens with one attached hydrogen (secondary N) is 1. The van der Waals surface area contributed by atoms with E-state index in [4.69, 9.17) is 9.47 Å². The van der Waals surface area contributed by atoms with Gasteiger partial charge in [-0.3, -0.25) is 0 Å². The Morgan fingerprint density at radius 3 is 2.38 bits per heavy atom. The number of ether oxygens (including phenoxy) is 2. The van der Waals surface area contributed by atoms with Crippen LogP contribution in [0.3, 0.4) is 0 Å². The summed E-state index contributed by atoms with van der Waals surface area (Å²) < 4.78 is 10.9. The first-order valence-electron chi connectivity index (χ1n) is 7.92. The van der Waals surface area contributed by atoms with Crippen molar-refractivity contribution in [2.24, 2.45) is 11.8 Å². The Morgan fingerprint density at radius 2 is 1.76 bits per heavy atom. The first-order valence-corrected chi connectivity index (χ1v) is 7.92. The van der Waals surface area contributed by atoms with Crippen LogP contribution in [0.2, 0.25) is 0 Å². The standard InChI is InChI=1S/C18H31NO2/c1-14(2)12-19-13-16(10-15(3)20-4)11-17-8-6-7-9-18(17)21-5/h6-9,14-16,19H,10-13H2,1-5H3. The highest BCUT2D eigenvalue weighted by atomic mass is 16.5. The molecule has 0 aliphatic heterocycles. The maximum atomic E-state index is 5.47.